The van der Waals surface area contributed by atoms with E-state index in [1.54, 1.807) is 0 Å². The zero-order chi connectivity index (χ0) is 17.1. The van der Waals surface area contributed by atoms with Gasteiger partial charge >= 0.3 is 0 Å². The summed E-state index contributed by atoms with van der Waals surface area (Å²) >= 11 is 0. The molecule has 0 spiro atoms. The van der Waals surface area contributed by atoms with Crippen LogP contribution in [-0.4, -0.2) is 30.4 Å². The fraction of sp³-hybridized carbons (Fsp3) is 0.375. The van der Waals surface area contributed by atoms with E-state index in [4.69, 9.17) is 4.52 Å². The van der Waals surface area contributed by atoms with Crippen molar-refractivity contribution in [2.45, 2.75) is 33.4 Å². The van der Waals surface area contributed by atoms with Crippen molar-refractivity contribution in [2.75, 3.05) is 0 Å². The van der Waals surface area contributed by atoms with Gasteiger partial charge in [0.25, 0.3) is 0 Å². The molecule has 3 aromatic rings. The van der Waals surface area contributed by atoms with E-state index in [1.807, 2.05) is 54.5 Å². The Bertz CT molecular complexity index is 845. The number of nitrogens with one attached hydrogen (secondary N) is 1. The summed E-state index contributed by atoms with van der Waals surface area (Å²) in [4.78, 5) is 16.2. The van der Waals surface area contributed by atoms with Gasteiger partial charge in [0.1, 0.15) is 0 Å². The van der Waals surface area contributed by atoms with Crippen molar-refractivity contribution in [3.05, 3.63) is 41.7 Å². The molecule has 0 aliphatic rings. The minimum absolute atomic E-state index is 0.0823. The minimum atomic E-state index is -0.0823. The molecule has 0 radical (unpaired) electrons. The van der Waals surface area contributed by atoms with E-state index in [1.165, 1.54) is 0 Å². The molecule has 0 aliphatic carbocycles. The lowest BCUT2D eigenvalue weighted by Gasteiger charge is -2.04. The Morgan fingerprint density at radius 1 is 1.38 bits per heavy atom. The maximum atomic E-state index is 12.0. The smallest absolute Gasteiger partial charge is 0.246 e. The Kier molecular flexibility index (Phi) is 4.45. The molecule has 126 valence electrons. The first-order valence-corrected chi connectivity index (χ1v) is 7.75. The van der Waals surface area contributed by atoms with E-state index in [0.29, 0.717) is 24.7 Å². The van der Waals surface area contributed by atoms with Crippen LogP contribution in [0.4, 0.5) is 0 Å². The van der Waals surface area contributed by atoms with Crippen LogP contribution in [0.3, 0.4) is 0 Å². The lowest BCUT2D eigenvalue weighted by molar-refractivity contribution is -0.121. The average Bonchev–Trinajstić information content (AvgIpc) is 3.23. The van der Waals surface area contributed by atoms with Crippen LogP contribution < -0.4 is 5.32 Å². The largest absolute Gasteiger partial charge is 0.348 e. The zero-order valence-corrected chi connectivity index (χ0v) is 14.0. The molecule has 0 bridgehead atoms. The molecule has 0 atom stereocenters. The van der Waals surface area contributed by atoms with Gasteiger partial charge in [-0.15, -0.1) is 0 Å². The summed E-state index contributed by atoms with van der Waals surface area (Å²) in [5.74, 6) is 0.807. The van der Waals surface area contributed by atoms with Gasteiger partial charge in [0, 0.05) is 31.9 Å². The lowest BCUT2D eigenvalue weighted by atomic mass is 10.3. The van der Waals surface area contributed by atoms with Gasteiger partial charge in [-0.2, -0.15) is 10.1 Å². The summed E-state index contributed by atoms with van der Waals surface area (Å²) in [5, 5.41) is 11.1. The van der Waals surface area contributed by atoms with Crippen LogP contribution in [0, 0.1) is 13.8 Å². The van der Waals surface area contributed by atoms with Gasteiger partial charge in [0.15, 0.2) is 0 Å². The second-order valence-electron chi connectivity index (χ2n) is 5.69. The highest BCUT2D eigenvalue weighted by atomic mass is 16.5. The van der Waals surface area contributed by atoms with Crippen molar-refractivity contribution in [1.29, 1.82) is 0 Å². The molecular weight excluding hydrogens is 308 g/mol. The number of carbonyl (C=O) groups excluding carboxylic acids is 1. The molecule has 0 aliphatic heterocycles. The minimum Gasteiger partial charge on any atom is -0.348 e. The maximum absolute atomic E-state index is 12.0. The van der Waals surface area contributed by atoms with E-state index in [2.05, 4.69) is 20.6 Å². The van der Waals surface area contributed by atoms with E-state index in [0.717, 1.165) is 17.1 Å². The van der Waals surface area contributed by atoms with Crippen LogP contribution in [0.2, 0.25) is 0 Å². The first-order chi connectivity index (χ1) is 11.5. The highest BCUT2D eigenvalue weighted by molar-refractivity contribution is 5.75. The molecule has 0 saturated heterocycles. The van der Waals surface area contributed by atoms with Gasteiger partial charge in [0.2, 0.25) is 17.6 Å². The molecule has 8 nitrogen and oxygen atoms in total. The number of aromatic nitrogens is 5. The SMILES string of the molecule is Cc1cc(C)n(CCC(=O)NCc2nc(-c3cccn3C)no2)n1. The van der Waals surface area contributed by atoms with Crippen LogP contribution in [0.1, 0.15) is 23.7 Å². The molecule has 1 amide bonds. The predicted molar refractivity (Wildman–Crippen MR) is 86.9 cm³/mol. The van der Waals surface area contributed by atoms with Crippen molar-refractivity contribution < 1.29 is 9.32 Å². The standard InChI is InChI=1S/C16H20N6O2/c1-11-9-12(2)22(19-11)8-6-14(23)17-10-15-18-16(20-24-15)13-5-4-7-21(13)3/h4-5,7,9H,6,8,10H2,1-3H3,(H,17,23). The van der Waals surface area contributed by atoms with E-state index in [-0.39, 0.29) is 12.5 Å². The monoisotopic (exact) mass is 328 g/mol. The number of rotatable bonds is 6. The fourth-order valence-electron chi connectivity index (χ4n) is 2.50. The number of nitrogens with zero attached hydrogens (tertiary/aromatic N) is 5. The summed E-state index contributed by atoms with van der Waals surface area (Å²) in [6, 6.07) is 5.80. The van der Waals surface area contributed by atoms with Crippen molar-refractivity contribution >= 4 is 5.91 Å². The number of hydrogen-bond donors (Lipinski definition) is 1. The van der Waals surface area contributed by atoms with Gasteiger partial charge in [0.05, 0.1) is 17.9 Å². The fourth-order valence-corrected chi connectivity index (χ4v) is 2.50. The number of carbonyl (C=O) groups is 1. The van der Waals surface area contributed by atoms with Crippen LogP contribution in [0.15, 0.2) is 28.9 Å². The third kappa shape index (κ3) is 3.53. The topological polar surface area (TPSA) is 90.8 Å². The Labute approximate surface area is 139 Å². The summed E-state index contributed by atoms with van der Waals surface area (Å²) in [6.07, 6.45) is 2.26. The summed E-state index contributed by atoms with van der Waals surface area (Å²) in [6.45, 7) is 4.67. The Morgan fingerprint density at radius 2 is 2.21 bits per heavy atom. The lowest BCUT2D eigenvalue weighted by Crippen LogP contribution is -2.24. The molecular formula is C16H20N6O2. The van der Waals surface area contributed by atoms with Gasteiger partial charge in [-0.25, -0.2) is 0 Å². The summed E-state index contributed by atoms with van der Waals surface area (Å²) in [7, 11) is 1.91. The van der Waals surface area contributed by atoms with E-state index in [9.17, 15) is 4.79 Å². The van der Waals surface area contributed by atoms with Crippen LogP contribution >= 0.6 is 0 Å². The quantitative estimate of drug-likeness (QED) is 0.742. The second-order valence-corrected chi connectivity index (χ2v) is 5.69. The number of amides is 1. The van der Waals surface area contributed by atoms with Crippen molar-refractivity contribution in [3.8, 4) is 11.5 Å². The average molecular weight is 328 g/mol. The molecule has 0 unspecified atom stereocenters. The third-order valence-corrected chi connectivity index (χ3v) is 3.73. The molecule has 3 rings (SSSR count). The number of hydrogen-bond acceptors (Lipinski definition) is 5. The Balaban J connectivity index is 1.51. The first kappa shape index (κ1) is 16.0. The highest BCUT2D eigenvalue weighted by Crippen LogP contribution is 2.15. The summed E-state index contributed by atoms with van der Waals surface area (Å²) in [5.41, 5.74) is 2.86. The molecule has 3 aromatic heterocycles. The van der Waals surface area contributed by atoms with Gasteiger partial charge in [-0.05, 0) is 32.0 Å². The maximum Gasteiger partial charge on any atom is 0.246 e. The molecule has 0 aromatic carbocycles. The normalized spacial score (nSPS) is 11.0. The van der Waals surface area contributed by atoms with Crippen molar-refractivity contribution in [1.82, 2.24) is 29.8 Å². The first-order valence-electron chi connectivity index (χ1n) is 7.75. The van der Waals surface area contributed by atoms with Gasteiger partial charge < -0.3 is 14.4 Å². The zero-order valence-electron chi connectivity index (χ0n) is 14.0. The molecule has 0 fully saturated rings. The molecule has 8 heteroatoms. The summed E-state index contributed by atoms with van der Waals surface area (Å²) < 4.78 is 8.91. The number of aryl methyl sites for hydroxylation is 4. The second kappa shape index (κ2) is 6.69. The van der Waals surface area contributed by atoms with Gasteiger partial charge in [-0.1, -0.05) is 5.16 Å². The van der Waals surface area contributed by atoms with Crippen molar-refractivity contribution in [3.63, 3.8) is 0 Å². The Morgan fingerprint density at radius 3 is 2.88 bits per heavy atom. The molecule has 0 saturated carbocycles. The molecule has 1 N–H and O–H groups in total. The van der Waals surface area contributed by atoms with E-state index < -0.39 is 0 Å². The Hall–Kier alpha value is -2.90. The molecule has 3 heterocycles. The van der Waals surface area contributed by atoms with Gasteiger partial charge in [-0.3, -0.25) is 9.48 Å². The predicted octanol–water partition coefficient (Wildman–Crippen LogP) is 1.59. The van der Waals surface area contributed by atoms with Crippen molar-refractivity contribution in [2.24, 2.45) is 7.05 Å². The molecule has 24 heavy (non-hydrogen) atoms. The van der Waals surface area contributed by atoms with E-state index >= 15 is 0 Å². The highest BCUT2D eigenvalue weighted by Gasteiger charge is 2.12. The van der Waals surface area contributed by atoms with Crippen LogP contribution in [0.5, 0.6) is 0 Å². The van der Waals surface area contributed by atoms with Crippen LogP contribution in [0.25, 0.3) is 11.5 Å². The third-order valence-electron chi connectivity index (χ3n) is 3.73. The van der Waals surface area contributed by atoms with Crippen LogP contribution in [-0.2, 0) is 24.9 Å².